The highest BCUT2D eigenvalue weighted by Gasteiger charge is 2.17. The minimum absolute atomic E-state index is 0.296. The molecule has 0 fully saturated rings. The van der Waals surface area contributed by atoms with Gasteiger partial charge in [-0.2, -0.15) is 0 Å². The van der Waals surface area contributed by atoms with Crippen molar-refractivity contribution in [1.29, 1.82) is 0 Å². The van der Waals surface area contributed by atoms with E-state index in [0.717, 1.165) is 12.5 Å². The van der Waals surface area contributed by atoms with Crippen LogP contribution < -0.4 is 0 Å². The molecule has 3 heteroatoms. The smallest absolute Gasteiger partial charge is 0.385 e. The molecule has 0 saturated carbocycles. The fourth-order valence-corrected chi connectivity index (χ4v) is 2.63. The van der Waals surface area contributed by atoms with Gasteiger partial charge in [0.1, 0.15) is 0 Å². The summed E-state index contributed by atoms with van der Waals surface area (Å²) < 4.78 is 11.4. The summed E-state index contributed by atoms with van der Waals surface area (Å²) in [5, 5.41) is 0. The minimum Gasteiger partial charge on any atom is -0.391 e. The van der Waals surface area contributed by atoms with Crippen LogP contribution in [0.4, 0.5) is 0 Å². The van der Waals surface area contributed by atoms with Gasteiger partial charge < -0.3 is 8.85 Å². The maximum atomic E-state index is 5.68. The predicted molar refractivity (Wildman–Crippen MR) is 53.3 cm³/mol. The summed E-state index contributed by atoms with van der Waals surface area (Å²) >= 11 is 0. The fraction of sp³-hybridized carbons (Fsp3) is 1.00. The van der Waals surface area contributed by atoms with Gasteiger partial charge in [-0.1, -0.05) is 13.3 Å². The van der Waals surface area contributed by atoms with Gasteiger partial charge in [0.15, 0.2) is 0 Å². The third-order valence-corrected chi connectivity index (χ3v) is 3.57. The van der Waals surface area contributed by atoms with E-state index in [0.29, 0.717) is 12.2 Å². The van der Waals surface area contributed by atoms with Crippen molar-refractivity contribution in [2.24, 2.45) is 0 Å². The third-order valence-electron chi connectivity index (χ3n) is 1.19. The summed E-state index contributed by atoms with van der Waals surface area (Å²) in [5.41, 5.74) is 0. The molecule has 0 spiro atoms. The lowest BCUT2D eigenvalue weighted by Gasteiger charge is -2.19. The molecule has 0 amide bonds. The Balaban J connectivity index is 3.69. The van der Waals surface area contributed by atoms with Gasteiger partial charge in [0.25, 0.3) is 0 Å². The van der Waals surface area contributed by atoms with Crippen LogP contribution in [0, 0.1) is 0 Å². The molecule has 1 radical (unpaired) electrons. The molecule has 0 heterocycles. The van der Waals surface area contributed by atoms with E-state index < -0.39 is 9.28 Å². The molecule has 0 aliphatic carbocycles. The molecule has 0 saturated heterocycles. The van der Waals surface area contributed by atoms with E-state index in [4.69, 9.17) is 8.85 Å². The van der Waals surface area contributed by atoms with Gasteiger partial charge in [-0.25, -0.2) is 0 Å². The van der Waals surface area contributed by atoms with Crippen molar-refractivity contribution in [3.63, 3.8) is 0 Å². The van der Waals surface area contributed by atoms with Gasteiger partial charge in [0.05, 0.1) is 0 Å². The van der Waals surface area contributed by atoms with Crippen LogP contribution in [0.1, 0.15) is 41.0 Å². The molecule has 0 bridgehead atoms. The summed E-state index contributed by atoms with van der Waals surface area (Å²) in [7, 11) is -0.995. The normalized spacial score (nSPS) is 12.0. The Kier molecular flexibility index (Phi) is 6.71. The average Bonchev–Trinajstić information content (AvgIpc) is 1.84. The predicted octanol–water partition coefficient (Wildman–Crippen LogP) is 2.73. The molecule has 0 aliphatic heterocycles. The summed E-state index contributed by atoms with van der Waals surface area (Å²) in [6.07, 6.45) is 1.74. The van der Waals surface area contributed by atoms with E-state index in [9.17, 15) is 0 Å². The average molecular weight is 189 g/mol. The fourth-order valence-electron chi connectivity index (χ4n) is 0.876. The summed E-state index contributed by atoms with van der Waals surface area (Å²) in [6, 6.07) is 1.08. The summed E-state index contributed by atoms with van der Waals surface area (Å²) in [4.78, 5) is 0. The Morgan fingerprint density at radius 1 is 1.00 bits per heavy atom. The monoisotopic (exact) mass is 189 g/mol. The molecule has 0 aromatic heterocycles. The number of hydrogen-bond acceptors (Lipinski definition) is 2. The van der Waals surface area contributed by atoms with Gasteiger partial charge in [-0.15, -0.1) is 0 Å². The van der Waals surface area contributed by atoms with Crippen LogP contribution in [-0.2, 0) is 8.85 Å². The highest BCUT2D eigenvalue weighted by Crippen LogP contribution is 2.06. The highest BCUT2D eigenvalue weighted by molar-refractivity contribution is 6.44. The SMILES string of the molecule is CCC[Si](OC(C)C)OC(C)C. The first-order valence-corrected chi connectivity index (χ1v) is 6.27. The molecular formula is C9H21O2Si. The highest BCUT2D eigenvalue weighted by atomic mass is 28.3. The van der Waals surface area contributed by atoms with Crippen molar-refractivity contribution in [3.05, 3.63) is 0 Å². The molecule has 73 valence electrons. The Labute approximate surface area is 78.1 Å². The van der Waals surface area contributed by atoms with Gasteiger partial charge in [-0.05, 0) is 33.7 Å². The van der Waals surface area contributed by atoms with Crippen molar-refractivity contribution >= 4 is 9.28 Å². The molecule has 0 aromatic rings. The van der Waals surface area contributed by atoms with E-state index in [-0.39, 0.29) is 0 Å². The second-order valence-electron chi connectivity index (χ2n) is 3.46. The Hall–Kier alpha value is 0.137. The lowest BCUT2D eigenvalue weighted by molar-refractivity contribution is 0.129. The number of rotatable bonds is 6. The van der Waals surface area contributed by atoms with Gasteiger partial charge in [0, 0.05) is 12.2 Å². The quantitative estimate of drug-likeness (QED) is 0.598. The molecule has 0 aliphatic rings. The standard InChI is InChI=1S/C9H21O2Si/c1-6-7-12(10-8(2)3)11-9(4)5/h8-9H,6-7H2,1-5H3. The van der Waals surface area contributed by atoms with E-state index in [1.165, 1.54) is 0 Å². The van der Waals surface area contributed by atoms with Crippen LogP contribution in [-0.4, -0.2) is 21.5 Å². The zero-order chi connectivity index (χ0) is 9.56. The van der Waals surface area contributed by atoms with Crippen LogP contribution in [0.3, 0.4) is 0 Å². The van der Waals surface area contributed by atoms with Crippen LogP contribution in [0.5, 0.6) is 0 Å². The van der Waals surface area contributed by atoms with E-state index in [2.05, 4.69) is 34.6 Å². The molecule has 0 N–H and O–H groups in total. The van der Waals surface area contributed by atoms with Crippen molar-refractivity contribution in [2.45, 2.75) is 59.3 Å². The van der Waals surface area contributed by atoms with E-state index in [1.54, 1.807) is 0 Å². The van der Waals surface area contributed by atoms with Gasteiger partial charge in [-0.3, -0.25) is 0 Å². The Morgan fingerprint density at radius 3 is 1.67 bits per heavy atom. The second-order valence-corrected chi connectivity index (χ2v) is 5.17. The first-order chi connectivity index (χ1) is 5.56. The summed E-state index contributed by atoms with van der Waals surface area (Å²) in [6.45, 7) is 10.4. The minimum atomic E-state index is -0.995. The Morgan fingerprint density at radius 2 is 1.42 bits per heavy atom. The molecule has 0 atom stereocenters. The molecule has 0 rings (SSSR count). The first-order valence-electron chi connectivity index (χ1n) is 4.75. The Bertz CT molecular complexity index is 94.7. The zero-order valence-electron chi connectivity index (χ0n) is 8.89. The lowest BCUT2D eigenvalue weighted by atomic mass is 10.5. The van der Waals surface area contributed by atoms with Gasteiger partial charge >= 0.3 is 9.28 Å². The molecule has 2 nitrogen and oxygen atoms in total. The van der Waals surface area contributed by atoms with Crippen LogP contribution in [0.2, 0.25) is 6.04 Å². The maximum absolute atomic E-state index is 5.68. The number of hydrogen-bond donors (Lipinski definition) is 0. The van der Waals surface area contributed by atoms with Crippen molar-refractivity contribution in [3.8, 4) is 0 Å². The summed E-state index contributed by atoms with van der Waals surface area (Å²) in [5.74, 6) is 0. The van der Waals surface area contributed by atoms with Crippen molar-refractivity contribution in [2.75, 3.05) is 0 Å². The van der Waals surface area contributed by atoms with E-state index in [1.807, 2.05) is 0 Å². The van der Waals surface area contributed by atoms with Crippen LogP contribution in [0.25, 0.3) is 0 Å². The van der Waals surface area contributed by atoms with Gasteiger partial charge in [0.2, 0.25) is 0 Å². The topological polar surface area (TPSA) is 18.5 Å². The second kappa shape index (κ2) is 6.63. The largest absolute Gasteiger partial charge is 0.391 e. The molecular weight excluding hydrogens is 168 g/mol. The third kappa shape index (κ3) is 6.82. The molecule has 12 heavy (non-hydrogen) atoms. The van der Waals surface area contributed by atoms with E-state index >= 15 is 0 Å². The van der Waals surface area contributed by atoms with Crippen molar-refractivity contribution < 1.29 is 8.85 Å². The zero-order valence-corrected chi connectivity index (χ0v) is 9.89. The van der Waals surface area contributed by atoms with Crippen molar-refractivity contribution in [1.82, 2.24) is 0 Å². The maximum Gasteiger partial charge on any atom is 0.385 e. The lowest BCUT2D eigenvalue weighted by Crippen LogP contribution is -2.28. The molecule has 0 unspecified atom stereocenters. The van der Waals surface area contributed by atoms with Crippen LogP contribution in [0.15, 0.2) is 0 Å². The molecule has 0 aromatic carbocycles. The van der Waals surface area contributed by atoms with Crippen LogP contribution >= 0.6 is 0 Å². The first kappa shape index (κ1) is 12.1.